The van der Waals surface area contributed by atoms with Gasteiger partial charge in [-0.1, -0.05) is 46.8 Å². The van der Waals surface area contributed by atoms with Gasteiger partial charge in [0.05, 0.1) is 19.3 Å². The molecule has 5 heteroatoms. The Hall–Kier alpha value is -1.14. The number of rotatable bonds is 10. The zero-order chi connectivity index (χ0) is 21.5. The molecular weight excluding hydrogens is 364 g/mol. The monoisotopic (exact) mass is 406 g/mol. The molecule has 1 saturated heterocycles. The summed E-state index contributed by atoms with van der Waals surface area (Å²) in [5.41, 5.74) is 1.77. The molecule has 0 unspecified atom stereocenters. The quantitative estimate of drug-likeness (QED) is 0.604. The van der Waals surface area contributed by atoms with Crippen LogP contribution >= 0.6 is 0 Å². The molecule has 2 rings (SSSR count). The summed E-state index contributed by atoms with van der Waals surface area (Å²) in [7, 11) is 2.14. The van der Waals surface area contributed by atoms with E-state index >= 15 is 0 Å². The van der Waals surface area contributed by atoms with Gasteiger partial charge in [-0.15, -0.1) is 0 Å². The van der Waals surface area contributed by atoms with Crippen molar-refractivity contribution < 1.29 is 14.6 Å². The maximum absolute atomic E-state index is 10.1. The average molecular weight is 407 g/mol. The highest BCUT2D eigenvalue weighted by molar-refractivity contribution is 5.31. The summed E-state index contributed by atoms with van der Waals surface area (Å²) in [6.07, 6.45) is 0.688. The molecular formula is C24H42N2O3. The second kappa shape index (κ2) is 10.8. The van der Waals surface area contributed by atoms with Gasteiger partial charge in [0, 0.05) is 32.7 Å². The van der Waals surface area contributed by atoms with Crippen LogP contribution in [-0.4, -0.2) is 80.6 Å². The molecule has 1 aliphatic heterocycles. The van der Waals surface area contributed by atoms with E-state index < -0.39 is 6.10 Å². The van der Waals surface area contributed by atoms with Crippen LogP contribution in [-0.2, 0) is 10.2 Å². The zero-order valence-electron chi connectivity index (χ0n) is 19.4. The minimum absolute atomic E-state index is 0.139. The molecule has 1 heterocycles. The lowest BCUT2D eigenvalue weighted by Crippen LogP contribution is -2.47. The molecule has 0 aliphatic carbocycles. The van der Waals surface area contributed by atoms with Crippen molar-refractivity contribution in [1.29, 1.82) is 0 Å². The summed E-state index contributed by atoms with van der Waals surface area (Å²) in [5.74, 6) is 0.863. The van der Waals surface area contributed by atoms with Gasteiger partial charge in [-0.3, -0.25) is 4.90 Å². The summed E-state index contributed by atoms with van der Waals surface area (Å²) in [6.45, 7) is 17.6. The Kier molecular flexibility index (Phi) is 8.95. The summed E-state index contributed by atoms with van der Waals surface area (Å²) in [4.78, 5) is 4.61. The third kappa shape index (κ3) is 9.04. The molecule has 1 aromatic rings. The summed E-state index contributed by atoms with van der Waals surface area (Å²) in [5, 5.41) is 10.1. The molecule has 1 atom stereocenters. The summed E-state index contributed by atoms with van der Waals surface area (Å²) >= 11 is 0. The molecule has 0 saturated carbocycles. The minimum Gasteiger partial charge on any atom is -0.491 e. The molecule has 1 aliphatic rings. The van der Waals surface area contributed by atoms with E-state index in [9.17, 15) is 5.11 Å². The fraction of sp³-hybridized carbons (Fsp3) is 0.750. The van der Waals surface area contributed by atoms with Gasteiger partial charge in [-0.05, 0) is 42.0 Å². The van der Waals surface area contributed by atoms with E-state index in [0.29, 0.717) is 31.8 Å². The lowest BCUT2D eigenvalue weighted by atomic mass is 9.72. The molecule has 0 bridgehead atoms. The Morgan fingerprint density at radius 3 is 2.17 bits per heavy atom. The Labute approximate surface area is 178 Å². The third-order valence-electron chi connectivity index (χ3n) is 5.48. The van der Waals surface area contributed by atoms with E-state index in [1.165, 1.54) is 5.56 Å². The van der Waals surface area contributed by atoms with Crippen molar-refractivity contribution in [1.82, 2.24) is 9.80 Å². The van der Waals surface area contributed by atoms with Crippen molar-refractivity contribution in [3.05, 3.63) is 29.8 Å². The first-order valence-corrected chi connectivity index (χ1v) is 11.0. The predicted octanol–water partition coefficient (Wildman–Crippen LogP) is 3.40. The van der Waals surface area contributed by atoms with Gasteiger partial charge in [0.2, 0.25) is 0 Å². The van der Waals surface area contributed by atoms with Crippen molar-refractivity contribution >= 4 is 0 Å². The molecule has 0 aromatic heterocycles. The lowest BCUT2D eigenvalue weighted by Gasteiger charge is -2.33. The van der Waals surface area contributed by atoms with Crippen molar-refractivity contribution in [2.75, 3.05) is 59.6 Å². The number of β-amino-alcohol motifs (C(OH)–C–C–N with tert-alkyl or cyclic N) is 1. The van der Waals surface area contributed by atoms with Gasteiger partial charge in [0.25, 0.3) is 0 Å². The van der Waals surface area contributed by atoms with E-state index in [1.54, 1.807) is 0 Å². The maximum Gasteiger partial charge on any atom is 0.119 e. The van der Waals surface area contributed by atoms with Gasteiger partial charge in [0.1, 0.15) is 12.4 Å². The van der Waals surface area contributed by atoms with E-state index in [2.05, 4.69) is 63.6 Å². The Bertz CT molecular complexity index is 587. The maximum atomic E-state index is 10.1. The van der Waals surface area contributed by atoms with E-state index in [0.717, 1.165) is 38.3 Å². The number of nitrogens with zero attached hydrogens (tertiary/aromatic N) is 2. The van der Waals surface area contributed by atoms with Crippen molar-refractivity contribution in [3.8, 4) is 5.75 Å². The molecule has 29 heavy (non-hydrogen) atoms. The van der Waals surface area contributed by atoms with Crippen LogP contribution in [0.5, 0.6) is 5.75 Å². The fourth-order valence-corrected chi connectivity index (χ4v) is 4.25. The number of hydrogen-bond acceptors (Lipinski definition) is 5. The van der Waals surface area contributed by atoms with Crippen LogP contribution < -0.4 is 4.74 Å². The zero-order valence-corrected chi connectivity index (χ0v) is 19.4. The Morgan fingerprint density at radius 1 is 0.966 bits per heavy atom. The van der Waals surface area contributed by atoms with Crippen molar-refractivity contribution in [3.63, 3.8) is 0 Å². The van der Waals surface area contributed by atoms with Crippen LogP contribution in [0, 0.1) is 5.41 Å². The Balaban J connectivity index is 1.64. The van der Waals surface area contributed by atoms with Crippen LogP contribution in [0.25, 0.3) is 0 Å². The number of likely N-dealkylation sites (N-methyl/N-ethyl adjacent to an activating group) is 1. The predicted molar refractivity (Wildman–Crippen MR) is 120 cm³/mol. The molecule has 5 nitrogen and oxygen atoms in total. The topological polar surface area (TPSA) is 45.2 Å². The normalized spacial score (nSPS) is 18.0. The van der Waals surface area contributed by atoms with Gasteiger partial charge >= 0.3 is 0 Å². The standard InChI is InChI=1S/C24H42N2O3/c1-23(2,3)19-24(4,5)20-7-9-22(10-8-20)29-16-15-28-18-21(27)17-26-13-11-25(6)12-14-26/h7-10,21,27H,11-19H2,1-6H3/t21-/m1/s1. The molecule has 1 N–H and O–H groups in total. The number of aliphatic hydroxyl groups excluding tert-OH is 1. The largest absolute Gasteiger partial charge is 0.491 e. The lowest BCUT2D eigenvalue weighted by molar-refractivity contribution is 0.00149. The number of aliphatic hydroxyl groups is 1. The first-order chi connectivity index (χ1) is 13.5. The smallest absolute Gasteiger partial charge is 0.119 e. The van der Waals surface area contributed by atoms with E-state index in [-0.39, 0.29) is 5.41 Å². The first kappa shape index (κ1) is 24.1. The fourth-order valence-electron chi connectivity index (χ4n) is 4.25. The highest BCUT2D eigenvalue weighted by Gasteiger charge is 2.27. The van der Waals surface area contributed by atoms with Gasteiger partial charge in [-0.2, -0.15) is 0 Å². The molecule has 0 amide bonds. The van der Waals surface area contributed by atoms with Gasteiger partial charge in [0.15, 0.2) is 0 Å². The molecule has 166 valence electrons. The van der Waals surface area contributed by atoms with Crippen LogP contribution in [0.4, 0.5) is 0 Å². The SMILES string of the molecule is CN1CCN(C[C@@H](O)COCCOc2ccc(C(C)(C)CC(C)(C)C)cc2)CC1. The van der Waals surface area contributed by atoms with Crippen LogP contribution in [0.2, 0.25) is 0 Å². The van der Waals surface area contributed by atoms with E-state index in [4.69, 9.17) is 9.47 Å². The van der Waals surface area contributed by atoms with Gasteiger partial charge in [-0.25, -0.2) is 0 Å². The summed E-state index contributed by atoms with van der Waals surface area (Å²) in [6, 6.07) is 8.42. The minimum atomic E-state index is -0.442. The van der Waals surface area contributed by atoms with E-state index in [1.807, 2.05) is 12.1 Å². The van der Waals surface area contributed by atoms with Gasteiger partial charge < -0.3 is 19.5 Å². The van der Waals surface area contributed by atoms with Crippen molar-refractivity contribution in [2.24, 2.45) is 5.41 Å². The average Bonchev–Trinajstić information content (AvgIpc) is 2.62. The Morgan fingerprint density at radius 2 is 1.59 bits per heavy atom. The third-order valence-corrected chi connectivity index (χ3v) is 5.48. The highest BCUT2D eigenvalue weighted by Crippen LogP contribution is 2.36. The molecule has 1 fully saturated rings. The number of piperazine rings is 1. The van der Waals surface area contributed by atoms with Crippen LogP contribution in [0.3, 0.4) is 0 Å². The number of hydrogen-bond donors (Lipinski definition) is 1. The second-order valence-electron chi connectivity index (χ2n) is 10.3. The second-order valence-corrected chi connectivity index (χ2v) is 10.3. The number of ether oxygens (including phenoxy) is 2. The van der Waals surface area contributed by atoms with Crippen molar-refractivity contribution in [2.45, 2.75) is 52.6 Å². The first-order valence-electron chi connectivity index (χ1n) is 11.0. The molecule has 0 radical (unpaired) electrons. The van der Waals surface area contributed by atoms with Crippen LogP contribution in [0.15, 0.2) is 24.3 Å². The molecule has 0 spiro atoms. The highest BCUT2D eigenvalue weighted by atomic mass is 16.5. The summed E-state index contributed by atoms with van der Waals surface area (Å²) < 4.78 is 11.4. The van der Waals surface area contributed by atoms with Crippen LogP contribution in [0.1, 0.15) is 46.6 Å². The number of benzene rings is 1. The molecule has 1 aromatic carbocycles.